The molecule has 2 fully saturated rings. The van der Waals surface area contributed by atoms with Gasteiger partial charge in [-0.15, -0.1) is 11.3 Å². The number of hydrogen-bond acceptors (Lipinski definition) is 7. The highest BCUT2D eigenvalue weighted by Crippen LogP contribution is 2.38. The smallest absolute Gasteiger partial charge is 0.355 e. The largest absolute Gasteiger partial charge is 0.476 e. The number of sulfonamides is 1. The Morgan fingerprint density at radius 3 is 2.53 bits per heavy atom. The lowest BCUT2D eigenvalue weighted by Gasteiger charge is -2.30. The summed E-state index contributed by atoms with van der Waals surface area (Å²) in [5.41, 5.74) is 1.61. The van der Waals surface area contributed by atoms with E-state index in [0.29, 0.717) is 52.7 Å². The number of rotatable bonds is 8. The molecule has 2 aliphatic rings. The molecule has 0 radical (unpaired) electrons. The van der Waals surface area contributed by atoms with Crippen molar-refractivity contribution in [3.63, 3.8) is 0 Å². The Balaban J connectivity index is 1.51. The highest BCUT2D eigenvalue weighted by molar-refractivity contribution is 7.89. The van der Waals surface area contributed by atoms with Gasteiger partial charge < -0.3 is 10.2 Å². The van der Waals surface area contributed by atoms with Gasteiger partial charge in [0.25, 0.3) is 0 Å². The van der Waals surface area contributed by atoms with E-state index in [1.807, 2.05) is 0 Å². The Kier molecular flexibility index (Phi) is 7.42. The maximum atomic E-state index is 14.8. The SMILES string of the molecule is NS(=O)(=O)c1ccc(Cc2c(-c3ccc(F)c(C#CC4(O)CCC4)c3)nn(-c3nc(C(=O)O)cs3)c2CC2CC2)cc1F. The van der Waals surface area contributed by atoms with E-state index in [0.717, 1.165) is 48.4 Å². The summed E-state index contributed by atoms with van der Waals surface area (Å²) < 4.78 is 54.8. The van der Waals surface area contributed by atoms with Crippen LogP contribution < -0.4 is 5.14 Å². The molecule has 222 valence electrons. The van der Waals surface area contributed by atoms with Gasteiger partial charge in [-0.1, -0.05) is 17.9 Å². The number of carboxylic acid groups (broad SMARTS) is 1. The zero-order chi connectivity index (χ0) is 30.5. The van der Waals surface area contributed by atoms with E-state index in [2.05, 4.69) is 16.8 Å². The van der Waals surface area contributed by atoms with Crippen LogP contribution in [0.1, 0.15) is 65.0 Å². The van der Waals surface area contributed by atoms with Crippen LogP contribution in [-0.2, 0) is 22.9 Å². The average molecular weight is 625 g/mol. The maximum Gasteiger partial charge on any atom is 0.355 e. The summed E-state index contributed by atoms with van der Waals surface area (Å²) in [7, 11) is -4.26. The zero-order valence-electron chi connectivity index (χ0n) is 22.7. The van der Waals surface area contributed by atoms with Crippen LogP contribution in [0.2, 0.25) is 0 Å². The summed E-state index contributed by atoms with van der Waals surface area (Å²) in [5, 5.41) is 31.6. The Labute approximate surface area is 250 Å². The standard InChI is InChI=1S/C30H26F2N4O5S2/c31-22-6-5-20(15-19(22)8-11-30(39)9-1-10-30)27-21(12-18-4-7-26(23(32)13-18)43(33,40)41)25(14-17-2-3-17)36(35-27)29-34-24(16-42-29)28(37)38/h4-7,13,15-17,39H,1-3,9-10,12,14H2,(H,37,38)(H2,33,40,41). The van der Waals surface area contributed by atoms with Gasteiger partial charge in [-0.25, -0.2) is 36.8 Å². The number of nitrogens with two attached hydrogens (primary N) is 1. The first kappa shape index (κ1) is 29.1. The second-order valence-corrected chi connectivity index (χ2v) is 13.3. The van der Waals surface area contributed by atoms with Crippen molar-refractivity contribution in [3.05, 3.63) is 81.5 Å². The third kappa shape index (κ3) is 6.09. The van der Waals surface area contributed by atoms with Crippen LogP contribution in [0.15, 0.2) is 46.7 Å². The number of aromatic carboxylic acids is 1. The van der Waals surface area contributed by atoms with Crippen LogP contribution in [0.4, 0.5) is 8.78 Å². The molecule has 4 N–H and O–H groups in total. The first-order valence-corrected chi connectivity index (χ1v) is 16.0. The van der Waals surface area contributed by atoms with Gasteiger partial charge in [-0.3, -0.25) is 0 Å². The average Bonchev–Trinajstić information content (AvgIpc) is 3.49. The first-order valence-electron chi connectivity index (χ1n) is 13.6. The zero-order valence-corrected chi connectivity index (χ0v) is 24.3. The minimum Gasteiger partial charge on any atom is -0.476 e. The molecule has 0 amide bonds. The second kappa shape index (κ2) is 10.9. The van der Waals surface area contributed by atoms with Crippen LogP contribution >= 0.6 is 11.3 Å². The number of carbonyl (C=O) groups is 1. The van der Waals surface area contributed by atoms with Crippen molar-refractivity contribution in [3.8, 4) is 28.2 Å². The Bertz CT molecular complexity index is 1930. The molecule has 0 saturated heterocycles. The fourth-order valence-electron chi connectivity index (χ4n) is 5.00. The maximum absolute atomic E-state index is 14.8. The molecule has 0 bridgehead atoms. The number of hydrogen-bond donors (Lipinski definition) is 3. The van der Waals surface area contributed by atoms with Crippen molar-refractivity contribution >= 4 is 27.3 Å². The molecule has 6 rings (SSSR count). The van der Waals surface area contributed by atoms with Crippen molar-refractivity contribution in [2.24, 2.45) is 11.1 Å². The fourth-order valence-corrected chi connectivity index (χ4v) is 6.36. The third-order valence-electron chi connectivity index (χ3n) is 7.70. The topological polar surface area (TPSA) is 148 Å². The summed E-state index contributed by atoms with van der Waals surface area (Å²) in [5.74, 6) is 3.17. The molecule has 13 heteroatoms. The number of thiazole rings is 1. The molecule has 2 aromatic carbocycles. The first-order chi connectivity index (χ1) is 20.4. The molecule has 0 atom stereocenters. The predicted molar refractivity (Wildman–Crippen MR) is 154 cm³/mol. The number of halogens is 2. The minimum atomic E-state index is -4.26. The summed E-state index contributed by atoms with van der Waals surface area (Å²) in [6.07, 6.45) is 4.60. The van der Waals surface area contributed by atoms with Crippen molar-refractivity contribution in [2.45, 2.75) is 55.4 Å². The van der Waals surface area contributed by atoms with Crippen molar-refractivity contribution in [1.29, 1.82) is 0 Å². The summed E-state index contributed by atoms with van der Waals surface area (Å²) >= 11 is 1.11. The van der Waals surface area contributed by atoms with E-state index in [-0.39, 0.29) is 17.7 Å². The van der Waals surface area contributed by atoms with Gasteiger partial charge in [0.2, 0.25) is 15.2 Å². The lowest BCUT2D eigenvalue weighted by atomic mass is 9.81. The molecule has 2 saturated carbocycles. The Morgan fingerprint density at radius 2 is 1.93 bits per heavy atom. The molecule has 0 aliphatic heterocycles. The molecular formula is C30H26F2N4O5S2. The van der Waals surface area contributed by atoms with E-state index < -0.39 is 38.1 Å². The normalized spacial score (nSPS) is 15.9. The van der Waals surface area contributed by atoms with Crippen LogP contribution in [0.3, 0.4) is 0 Å². The second-order valence-electron chi connectivity index (χ2n) is 11.0. The molecule has 2 heterocycles. The quantitative estimate of drug-likeness (QED) is 0.246. The minimum absolute atomic E-state index is 0.0769. The number of primary sulfonamides is 1. The van der Waals surface area contributed by atoms with E-state index in [9.17, 15) is 32.2 Å². The highest BCUT2D eigenvalue weighted by Gasteiger charge is 2.32. The van der Waals surface area contributed by atoms with Gasteiger partial charge in [0.05, 0.1) is 17.0 Å². The van der Waals surface area contributed by atoms with E-state index in [1.54, 1.807) is 10.7 Å². The van der Waals surface area contributed by atoms with Crippen LogP contribution in [0.25, 0.3) is 16.4 Å². The van der Waals surface area contributed by atoms with E-state index in [4.69, 9.17) is 10.2 Å². The van der Waals surface area contributed by atoms with Gasteiger partial charge in [0.1, 0.15) is 22.1 Å². The molecular weight excluding hydrogens is 598 g/mol. The molecule has 0 unspecified atom stereocenters. The monoisotopic (exact) mass is 624 g/mol. The van der Waals surface area contributed by atoms with Gasteiger partial charge >= 0.3 is 5.97 Å². The van der Waals surface area contributed by atoms with Crippen LogP contribution in [-0.4, -0.2) is 45.0 Å². The highest BCUT2D eigenvalue weighted by atomic mass is 32.2. The number of carboxylic acids is 1. The number of nitrogens with zero attached hydrogens (tertiary/aromatic N) is 3. The van der Waals surface area contributed by atoms with Crippen molar-refractivity contribution in [1.82, 2.24) is 14.8 Å². The van der Waals surface area contributed by atoms with Crippen molar-refractivity contribution in [2.75, 3.05) is 0 Å². The van der Waals surface area contributed by atoms with Gasteiger partial charge in [-0.05, 0) is 80.3 Å². The number of benzene rings is 2. The summed E-state index contributed by atoms with van der Waals surface area (Å²) in [6, 6.07) is 8.04. The van der Waals surface area contributed by atoms with Crippen molar-refractivity contribution < 1.29 is 32.2 Å². The van der Waals surface area contributed by atoms with Crippen LogP contribution in [0.5, 0.6) is 0 Å². The lowest BCUT2D eigenvalue weighted by Crippen LogP contribution is -2.34. The van der Waals surface area contributed by atoms with Gasteiger partial charge in [0.15, 0.2) is 5.69 Å². The van der Waals surface area contributed by atoms with E-state index >= 15 is 0 Å². The van der Waals surface area contributed by atoms with Crippen LogP contribution in [0, 0.1) is 29.4 Å². The molecule has 4 aromatic rings. The number of aliphatic hydroxyl groups is 1. The van der Waals surface area contributed by atoms with Gasteiger partial charge in [-0.2, -0.15) is 5.10 Å². The number of aromatic nitrogens is 3. The Morgan fingerprint density at radius 1 is 1.16 bits per heavy atom. The molecule has 2 aromatic heterocycles. The summed E-state index contributed by atoms with van der Waals surface area (Å²) in [6.45, 7) is 0. The molecule has 43 heavy (non-hydrogen) atoms. The third-order valence-corrected chi connectivity index (χ3v) is 9.46. The molecule has 2 aliphatic carbocycles. The summed E-state index contributed by atoms with van der Waals surface area (Å²) in [4.78, 5) is 15.2. The predicted octanol–water partition coefficient (Wildman–Crippen LogP) is 4.43. The Hall–Kier alpha value is -3.96. The molecule has 0 spiro atoms. The van der Waals surface area contributed by atoms with E-state index in [1.165, 1.54) is 23.6 Å². The van der Waals surface area contributed by atoms with Gasteiger partial charge in [0, 0.05) is 22.9 Å². The lowest BCUT2D eigenvalue weighted by molar-refractivity contribution is 0.0239. The fraction of sp³-hybridized carbons (Fsp3) is 0.300. The molecule has 9 nitrogen and oxygen atoms in total.